The lowest BCUT2D eigenvalue weighted by Gasteiger charge is -2.05. The number of hydrogen-bond donors (Lipinski definition) is 2. The molecule has 0 bridgehead atoms. The van der Waals surface area contributed by atoms with Crippen molar-refractivity contribution in [3.05, 3.63) is 24.3 Å². The van der Waals surface area contributed by atoms with Crippen molar-refractivity contribution in [2.45, 2.75) is 0 Å². The van der Waals surface area contributed by atoms with Gasteiger partial charge in [-0.05, 0) is 29.5 Å². The van der Waals surface area contributed by atoms with E-state index in [0.29, 0.717) is 16.6 Å². The molecule has 3 N–H and O–H groups in total. The zero-order chi connectivity index (χ0) is 12.1. The molecule has 0 saturated heterocycles. The molecule has 88 valence electrons. The van der Waals surface area contributed by atoms with E-state index in [4.69, 9.17) is 10.5 Å². The molecular formula is C9H9N5O2S. The Kier molecular flexibility index (Phi) is 3.46. The minimum Gasteiger partial charge on any atom is -0.484 e. The van der Waals surface area contributed by atoms with E-state index in [1.807, 2.05) is 0 Å². The van der Waals surface area contributed by atoms with E-state index >= 15 is 0 Å². The Morgan fingerprint density at radius 1 is 1.41 bits per heavy atom. The number of rotatable bonds is 4. The highest BCUT2D eigenvalue weighted by Crippen LogP contribution is 2.13. The summed E-state index contributed by atoms with van der Waals surface area (Å²) < 4.78 is 8.75. The number of nitrogen functional groups attached to an aromatic ring is 1. The van der Waals surface area contributed by atoms with Gasteiger partial charge in [0.15, 0.2) is 6.61 Å². The summed E-state index contributed by atoms with van der Waals surface area (Å²) in [4.78, 5) is 11.4. The standard InChI is InChI=1S/C9H9N5O2S/c10-6-1-3-7(4-2-6)16-5-8(15)11-9-12-13-14-17-9/h1-4H,5,10H2,(H,11,12,14,15). The Hall–Kier alpha value is -2.22. The van der Waals surface area contributed by atoms with E-state index in [2.05, 4.69) is 20.1 Å². The van der Waals surface area contributed by atoms with Crippen LogP contribution in [0.5, 0.6) is 5.75 Å². The van der Waals surface area contributed by atoms with Crippen LogP contribution < -0.4 is 15.8 Å². The van der Waals surface area contributed by atoms with E-state index in [1.165, 1.54) is 0 Å². The molecule has 0 aliphatic carbocycles. The van der Waals surface area contributed by atoms with Gasteiger partial charge in [0.2, 0.25) is 5.13 Å². The van der Waals surface area contributed by atoms with Crippen LogP contribution in [0.25, 0.3) is 0 Å². The van der Waals surface area contributed by atoms with Gasteiger partial charge < -0.3 is 10.5 Å². The SMILES string of the molecule is Nc1ccc(OCC(=O)Nc2nnns2)cc1. The largest absolute Gasteiger partial charge is 0.484 e. The van der Waals surface area contributed by atoms with Crippen molar-refractivity contribution < 1.29 is 9.53 Å². The third-order valence-corrected chi connectivity index (χ3v) is 2.31. The van der Waals surface area contributed by atoms with Gasteiger partial charge in [0.25, 0.3) is 5.91 Å². The first-order chi connectivity index (χ1) is 8.24. The van der Waals surface area contributed by atoms with Gasteiger partial charge in [-0.2, -0.15) is 0 Å². The number of ether oxygens (including phenoxy) is 1. The molecule has 8 heteroatoms. The van der Waals surface area contributed by atoms with Crippen LogP contribution in [-0.2, 0) is 4.79 Å². The number of nitrogens with one attached hydrogen (secondary N) is 1. The molecular weight excluding hydrogens is 242 g/mol. The van der Waals surface area contributed by atoms with Gasteiger partial charge in [0.1, 0.15) is 5.75 Å². The van der Waals surface area contributed by atoms with Crippen LogP contribution in [0.4, 0.5) is 10.8 Å². The molecule has 0 spiro atoms. The van der Waals surface area contributed by atoms with Crippen molar-refractivity contribution in [1.29, 1.82) is 0 Å². The molecule has 7 nitrogen and oxygen atoms in total. The van der Waals surface area contributed by atoms with Crippen molar-refractivity contribution in [1.82, 2.24) is 14.8 Å². The van der Waals surface area contributed by atoms with Gasteiger partial charge >= 0.3 is 0 Å². The molecule has 0 fully saturated rings. The number of amides is 1. The Bertz CT molecular complexity index is 485. The molecule has 2 rings (SSSR count). The van der Waals surface area contributed by atoms with Crippen molar-refractivity contribution in [2.24, 2.45) is 0 Å². The first-order valence-electron chi connectivity index (χ1n) is 4.67. The van der Waals surface area contributed by atoms with E-state index in [1.54, 1.807) is 24.3 Å². The first kappa shape index (κ1) is 11.3. The Balaban J connectivity index is 1.82. The quantitative estimate of drug-likeness (QED) is 0.768. The van der Waals surface area contributed by atoms with Crippen molar-refractivity contribution in [2.75, 3.05) is 17.7 Å². The average molecular weight is 251 g/mol. The fourth-order valence-electron chi connectivity index (χ4n) is 1.05. The van der Waals surface area contributed by atoms with Crippen LogP contribution in [-0.4, -0.2) is 27.3 Å². The summed E-state index contributed by atoms with van der Waals surface area (Å²) in [5, 5.41) is 9.77. The number of carbonyl (C=O) groups is 1. The van der Waals surface area contributed by atoms with Crippen molar-refractivity contribution in [3.63, 3.8) is 0 Å². The summed E-state index contributed by atoms with van der Waals surface area (Å²) in [5.41, 5.74) is 6.16. The maximum atomic E-state index is 11.4. The lowest BCUT2D eigenvalue weighted by atomic mass is 10.3. The Labute approximate surface area is 101 Å². The van der Waals surface area contributed by atoms with Gasteiger partial charge in [-0.1, -0.05) is 9.59 Å². The average Bonchev–Trinajstić information content (AvgIpc) is 2.81. The number of benzene rings is 1. The first-order valence-corrected chi connectivity index (χ1v) is 5.44. The molecule has 0 aliphatic rings. The highest BCUT2D eigenvalue weighted by atomic mass is 32.1. The molecule has 1 heterocycles. The van der Waals surface area contributed by atoms with Crippen LogP contribution in [0.2, 0.25) is 0 Å². The maximum Gasteiger partial charge on any atom is 0.264 e. The van der Waals surface area contributed by atoms with E-state index < -0.39 is 0 Å². The molecule has 2 aromatic rings. The number of hydrogen-bond acceptors (Lipinski definition) is 7. The third kappa shape index (κ3) is 3.38. The molecule has 1 amide bonds. The lowest BCUT2D eigenvalue weighted by molar-refractivity contribution is -0.118. The molecule has 0 atom stereocenters. The highest BCUT2D eigenvalue weighted by molar-refractivity contribution is 7.09. The molecule has 1 aromatic carbocycles. The zero-order valence-electron chi connectivity index (χ0n) is 8.66. The molecule has 0 saturated carbocycles. The topological polar surface area (TPSA) is 103 Å². The number of aromatic nitrogens is 3. The van der Waals surface area contributed by atoms with Gasteiger partial charge in [-0.3, -0.25) is 10.1 Å². The van der Waals surface area contributed by atoms with E-state index in [-0.39, 0.29) is 12.5 Å². The van der Waals surface area contributed by atoms with Crippen LogP contribution in [0, 0.1) is 0 Å². The van der Waals surface area contributed by atoms with Crippen LogP contribution in [0.1, 0.15) is 0 Å². The van der Waals surface area contributed by atoms with Gasteiger partial charge in [-0.25, -0.2) is 0 Å². The monoisotopic (exact) mass is 251 g/mol. The minimum atomic E-state index is -0.319. The summed E-state index contributed by atoms with van der Waals surface area (Å²) in [6.45, 7) is -0.108. The maximum absolute atomic E-state index is 11.4. The molecule has 17 heavy (non-hydrogen) atoms. The van der Waals surface area contributed by atoms with E-state index in [0.717, 1.165) is 11.5 Å². The number of anilines is 2. The van der Waals surface area contributed by atoms with Crippen LogP contribution in [0.3, 0.4) is 0 Å². The molecule has 0 unspecified atom stereocenters. The molecule has 0 radical (unpaired) electrons. The fraction of sp³-hybridized carbons (Fsp3) is 0.111. The number of nitrogens with zero attached hydrogens (tertiary/aromatic N) is 3. The molecule has 0 aliphatic heterocycles. The zero-order valence-corrected chi connectivity index (χ0v) is 9.48. The predicted octanol–water partition coefficient (Wildman–Crippen LogP) is 0.533. The summed E-state index contributed by atoms with van der Waals surface area (Å²) in [5.74, 6) is 0.255. The van der Waals surface area contributed by atoms with Crippen LogP contribution >= 0.6 is 11.5 Å². The second kappa shape index (κ2) is 5.21. The number of nitrogens with two attached hydrogens (primary N) is 1. The van der Waals surface area contributed by atoms with Crippen molar-refractivity contribution in [3.8, 4) is 5.75 Å². The lowest BCUT2D eigenvalue weighted by Crippen LogP contribution is -2.20. The summed E-state index contributed by atoms with van der Waals surface area (Å²) in [6.07, 6.45) is 0. The van der Waals surface area contributed by atoms with Gasteiger partial charge in [0, 0.05) is 17.2 Å². The Morgan fingerprint density at radius 2 is 2.18 bits per heavy atom. The minimum absolute atomic E-state index is 0.108. The predicted molar refractivity (Wildman–Crippen MR) is 62.7 cm³/mol. The fourth-order valence-corrected chi connectivity index (χ4v) is 1.43. The summed E-state index contributed by atoms with van der Waals surface area (Å²) in [6, 6.07) is 6.77. The van der Waals surface area contributed by atoms with Gasteiger partial charge in [-0.15, -0.1) is 0 Å². The highest BCUT2D eigenvalue weighted by Gasteiger charge is 2.06. The van der Waals surface area contributed by atoms with Gasteiger partial charge in [0.05, 0.1) is 0 Å². The second-order valence-electron chi connectivity index (χ2n) is 3.07. The van der Waals surface area contributed by atoms with E-state index in [9.17, 15) is 4.79 Å². The third-order valence-electron chi connectivity index (χ3n) is 1.80. The normalized spacial score (nSPS) is 9.88. The number of carbonyl (C=O) groups excluding carboxylic acids is 1. The van der Waals surface area contributed by atoms with Crippen molar-refractivity contribution >= 4 is 28.3 Å². The summed E-state index contributed by atoms with van der Waals surface area (Å²) >= 11 is 0.999. The Morgan fingerprint density at radius 3 is 2.82 bits per heavy atom. The van der Waals surface area contributed by atoms with Crippen LogP contribution in [0.15, 0.2) is 24.3 Å². The summed E-state index contributed by atoms with van der Waals surface area (Å²) in [7, 11) is 0. The smallest absolute Gasteiger partial charge is 0.264 e. The second-order valence-corrected chi connectivity index (χ2v) is 3.81. The molecule has 1 aromatic heterocycles.